The van der Waals surface area contributed by atoms with Gasteiger partial charge in [0.1, 0.15) is 6.04 Å². The molecular weight excluding hydrogens is 244 g/mol. The molecule has 2 atom stereocenters. The summed E-state index contributed by atoms with van der Waals surface area (Å²) in [5, 5.41) is 9.74. The Morgan fingerprint density at radius 1 is 1.53 bits per heavy atom. The van der Waals surface area contributed by atoms with Gasteiger partial charge in [0, 0.05) is 30.9 Å². The van der Waals surface area contributed by atoms with Gasteiger partial charge in [-0.25, -0.2) is 0 Å². The van der Waals surface area contributed by atoms with Crippen LogP contribution >= 0.6 is 0 Å². The molecule has 1 saturated heterocycles. The lowest BCUT2D eigenvalue weighted by Gasteiger charge is -2.22. The van der Waals surface area contributed by atoms with Gasteiger partial charge in [0.25, 0.3) is 0 Å². The van der Waals surface area contributed by atoms with Gasteiger partial charge in [-0.3, -0.25) is 14.7 Å². The first-order valence-corrected chi connectivity index (χ1v) is 6.44. The number of aliphatic hydroxyl groups is 1. The third-order valence-corrected chi connectivity index (χ3v) is 3.56. The molecule has 5 heteroatoms. The Kier molecular flexibility index (Phi) is 4.17. The Labute approximate surface area is 113 Å². The van der Waals surface area contributed by atoms with Crippen molar-refractivity contribution >= 4 is 5.97 Å². The molecule has 1 aromatic rings. The van der Waals surface area contributed by atoms with Crippen LogP contribution in [0.4, 0.5) is 0 Å². The number of likely N-dealkylation sites (tertiary alicyclic amines) is 1. The smallest absolute Gasteiger partial charge is 0.323 e. The Balaban J connectivity index is 2.14. The second-order valence-electron chi connectivity index (χ2n) is 5.06. The van der Waals surface area contributed by atoms with Crippen molar-refractivity contribution in [1.82, 2.24) is 9.88 Å². The molecule has 0 bridgehead atoms. The molecule has 0 saturated carbocycles. The van der Waals surface area contributed by atoms with Crippen molar-refractivity contribution < 1.29 is 14.6 Å². The van der Waals surface area contributed by atoms with E-state index in [-0.39, 0.29) is 12.0 Å². The molecule has 2 heterocycles. The summed E-state index contributed by atoms with van der Waals surface area (Å²) < 4.78 is 4.79. The number of methoxy groups -OCH3 is 1. The first-order valence-electron chi connectivity index (χ1n) is 6.44. The summed E-state index contributed by atoms with van der Waals surface area (Å²) in [5.74, 6) is -0.283. The number of aliphatic hydroxyl groups excluding tert-OH is 1. The summed E-state index contributed by atoms with van der Waals surface area (Å²) in [6, 6.07) is 3.62. The highest BCUT2D eigenvalue weighted by Gasteiger charge is 2.36. The monoisotopic (exact) mass is 264 g/mol. The first-order chi connectivity index (χ1) is 9.01. The van der Waals surface area contributed by atoms with Crippen LogP contribution in [0.2, 0.25) is 0 Å². The number of pyridine rings is 1. The zero-order valence-electron chi connectivity index (χ0n) is 11.6. The highest BCUT2D eigenvalue weighted by molar-refractivity contribution is 5.76. The van der Waals surface area contributed by atoms with Gasteiger partial charge < -0.3 is 9.84 Å². The summed E-state index contributed by atoms with van der Waals surface area (Å²) in [6.45, 7) is 5.01. The molecule has 0 radical (unpaired) electrons. The van der Waals surface area contributed by atoms with Crippen LogP contribution in [0.1, 0.15) is 23.4 Å². The maximum Gasteiger partial charge on any atom is 0.323 e. The molecular formula is C14H20N2O3. The van der Waals surface area contributed by atoms with E-state index in [9.17, 15) is 9.90 Å². The summed E-state index contributed by atoms with van der Waals surface area (Å²) in [5.41, 5.74) is 3.02. The lowest BCUT2D eigenvalue weighted by atomic mass is 10.1. The van der Waals surface area contributed by atoms with Gasteiger partial charge in [0.2, 0.25) is 0 Å². The minimum atomic E-state index is -0.470. The van der Waals surface area contributed by atoms with Crippen molar-refractivity contribution in [2.75, 3.05) is 13.7 Å². The number of hydrogen-bond acceptors (Lipinski definition) is 5. The number of rotatable bonds is 3. The van der Waals surface area contributed by atoms with Crippen molar-refractivity contribution in [3.05, 3.63) is 29.1 Å². The second kappa shape index (κ2) is 5.67. The fourth-order valence-electron chi connectivity index (χ4n) is 2.54. The molecule has 0 amide bonds. The number of β-amino-alcohol motifs (C(OH)–C–C–N with tert-alkyl or cyclic N) is 1. The fraction of sp³-hybridized carbons (Fsp3) is 0.571. The largest absolute Gasteiger partial charge is 0.468 e. The SMILES string of the molecule is COC(=O)C1CC(O)CN1Cc1ccc(C)nc1C. The number of hydrogen-bond donors (Lipinski definition) is 1. The number of aryl methyl sites for hydroxylation is 2. The maximum atomic E-state index is 11.7. The lowest BCUT2D eigenvalue weighted by molar-refractivity contribution is -0.146. The highest BCUT2D eigenvalue weighted by Crippen LogP contribution is 2.22. The predicted octanol–water partition coefficient (Wildman–Crippen LogP) is 0.807. The van der Waals surface area contributed by atoms with Gasteiger partial charge in [0.15, 0.2) is 0 Å². The van der Waals surface area contributed by atoms with Crippen LogP contribution in [0.15, 0.2) is 12.1 Å². The number of aromatic nitrogens is 1. The fourth-order valence-corrected chi connectivity index (χ4v) is 2.54. The lowest BCUT2D eigenvalue weighted by Crippen LogP contribution is -2.36. The van der Waals surface area contributed by atoms with Gasteiger partial charge >= 0.3 is 5.97 Å². The topological polar surface area (TPSA) is 62.7 Å². The number of carbonyl (C=O) groups is 1. The number of ether oxygens (including phenoxy) is 1. The Morgan fingerprint density at radius 3 is 2.89 bits per heavy atom. The van der Waals surface area contributed by atoms with Crippen LogP contribution in [-0.4, -0.2) is 46.8 Å². The van der Waals surface area contributed by atoms with Crippen molar-refractivity contribution in [2.45, 2.75) is 39.0 Å². The van der Waals surface area contributed by atoms with Gasteiger partial charge in [-0.05, 0) is 25.5 Å². The molecule has 104 valence electrons. The highest BCUT2D eigenvalue weighted by atomic mass is 16.5. The van der Waals surface area contributed by atoms with Crippen LogP contribution in [-0.2, 0) is 16.1 Å². The molecule has 1 fully saturated rings. The van der Waals surface area contributed by atoms with Gasteiger partial charge in [0.05, 0.1) is 13.2 Å². The van der Waals surface area contributed by atoms with E-state index < -0.39 is 6.10 Å². The molecule has 0 aliphatic carbocycles. The zero-order valence-corrected chi connectivity index (χ0v) is 11.6. The summed E-state index contributed by atoms with van der Waals surface area (Å²) in [6.07, 6.45) is -0.0341. The molecule has 5 nitrogen and oxygen atoms in total. The van der Waals surface area contributed by atoms with Crippen LogP contribution in [0.25, 0.3) is 0 Å². The van der Waals surface area contributed by atoms with E-state index in [0.717, 1.165) is 17.0 Å². The van der Waals surface area contributed by atoms with E-state index in [2.05, 4.69) is 4.98 Å². The quantitative estimate of drug-likeness (QED) is 0.818. The normalized spacial score (nSPS) is 23.6. The number of esters is 1. The molecule has 1 aliphatic heterocycles. The van der Waals surface area contributed by atoms with Gasteiger partial charge in [-0.2, -0.15) is 0 Å². The Hall–Kier alpha value is -1.46. The average Bonchev–Trinajstić information content (AvgIpc) is 2.73. The number of carbonyl (C=O) groups excluding carboxylic acids is 1. The van der Waals surface area contributed by atoms with Crippen molar-refractivity contribution in [3.63, 3.8) is 0 Å². The molecule has 1 aliphatic rings. The standard InChI is InChI=1S/C14H20N2O3/c1-9-4-5-11(10(2)15-9)7-16-8-12(17)6-13(16)14(18)19-3/h4-5,12-13,17H,6-8H2,1-3H3. The summed E-state index contributed by atoms with van der Waals surface area (Å²) in [7, 11) is 1.38. The van der Waals surface area contributed by atoms with Crippen molar-refractivity contribution in [1.29, 1.82) is 0 Å². The summed E-state index contributed by atoms with van der Waals surface area (Å²) >= 11 is 0. The van der Waals surface area contributed by atoms with Crippen molar-refractivity contribution in [2.24, 2.45) is 0 Å². The maximum absolute atomic E-state index is 11.7. The van der Waals surface area contributed by atoms with E-state index in [1.54, 1.807) is 0 Å². The molecule has 1 N–H and O–H groups in total. The molecule has 0 spiro atoms. The molecule has 0 aromatic carbocycles. The van der Waals surface area contributed by atoms with Crippen LogP contribution in [0, 0.1) is 13.8 Å². The minimum Gasteiger partial charge on any atom is -0.468 e. The predicted molar refractivity (Wildman–Crippen MR) is 70.5 cm³/mol. The van der Waals surface area contributed by atoms with Gasteiger partial charge in [-0.1, -0.05) is 6.07 Å². The Bertz CT molecular complexity index is 476. The van der Waals surface area contributed by atoms with Crippen molar-refractivity contribution in [3.8, 4) is 0 Å². The minimum absolute atomic E-state index is 0.283. The van der Waals surface area contributed by atoms with E-state index in [1.807, 2.05) is 30.9 Å². The third-order valence-electron chi connectivity index (χ3n) is 3.56. The van der Waals surface area contributed by atoms with E-state index in [1.165, 1.54) is 7.11 Å². The second-order valence-corrected chi connectivity index (χ2v) is 5.06. The van der Waals surface area contributed by atoms with E-state index in [0.29, 0.717) is 19.5 Å². The van der Waals surface area contributed by atoms with E-state index in [4.69, 9.17) is 4.74 Å². The first kappa shape index (κ1) is 14.0. The summed E-state index contributed by atoms with van der Waals surface area (Å²) in [4.78, 5) is 18.1. The molecule has 2 unspecified atom stereocenters. The average molecular weight is 264 g/mol. The molecule has 19 heavy (non-hydrogen) atoms. The van der Waals surface area contributed by atoms with Crippen LogP contribution < -0.4 is 0 Å². The van der Waals surface area contributed by atoms with Crippen LogP contribution in [0.5, 0.6) is 0 Å². The van der Waals surface area contributed by atoms with E-state index >= 15 is 0 Å². The molecule has 2 rings (SSSR count). The number of nitrogens with zero attached hydrogens (tertiary/aromatic N) is 2. The third kappa shape index (κ3) is 3.11. The zero-order chi connectivity index (χ0) is 14.0. The molecule has 1 aromatic heterocycles. The van der Waals surface area contributed by atoms with Crippen LogP contribution in [0.3, 0.4) is 0 Å². The van der Waals surface area contributed by atoms with Gasteiger partial charge in [-0.15, -0.1) is 0 Å². The Morgan fingerprint density at radius 2 is 2.26 bits per heavy atom.